The number of rotatable bonds is 4. The zero-order chi connectivity index (χ0) is 13.0. The Kier molecular flexibility index (Phi) is 3.96. The Morgan fingerprint density at radius 1 is 1.56 bits per heavy atom. The standard InChI is InChI=1S/C12H17N3O3/c1-2-18-11-7-10(8-13-14-11)15-5-3-9(4-6-15)12(16)17/h7-9H,2-6H2,1H3,(H,16,17). The second kappa shape index (κ2) is 5.66. The predicted octanol–water partition coefficient (Wildman–Crippen LogP) is 1.18. The van der Waals surface area contributed by atoms with Crippen LogP contribution in [0.3, 0.4) is 0 Å². The molecule has 0 spiro atoms. The highest BCUT2D eigenvalue weighted by Crippen LogP contribution is 2.24. The van der Waals surface area contributed by atoms with Gasteiger partial charge in [0.15, 0.2) is 0 Å². The molecule has 1 fully saturated rings. The highest BCUT2D eigenvalue weighted by atomic mass is 16.5. The number of ether oxygens (including phenoxy) is 1. The van der Waals surface area contributed by atoms with Gasteiger partial charge in [-0.1, -0.05) is 0 Å². The van der Waals surface area contributed by atoms with Gasteiger partial charge in [0, 0.05) is 19.2 Å². The molecule has 0 amide bonds. The van der Waals surface area contributed by atoms with Crippen molar-refractivity contribution in [1.29, 1.82) is 0 Å². The monoisotopic (exact) mass is 251 g/mol. The van der Waals surface area contributed by atoms with E-state index in [-0.39, 0.29) is 5.92 Å². The van der Waals surface area contributed by atoms with E-state index >= 15 is 0 Å². The lowest BCUT2D eigenvalue weighted by Gasteiger charge is -2.31. The predicted molar refractivity (Wildman–Crippen MR) is 65.8 cm³/mol. The van der Waals surface area contributed by atoms with Crippen LogP contribution in [0.1, 0.15) is 19.8 Å². The lowest BCUT2D eigenvalue weighted by atomic mass is 9.97. The summed E-state index contributed by atoms with van der Waals surface area (Å²) < 4.78 is 5.30. The smallest absolute Gasteiger partial charge is 0.306 e. The van der Waals surface area contributed by atoms with Gasteiger partial charge in [0.05, 0.1) is 24.4 Å². The van der Waals surface area contributed by atoms with E-state index in [9.17, 15) is 4.79 Å². The summed E-state index contributed by atoms with van der Waals surface area (Å²) in [5, 5.41) is 16.7. The first-order valence-corrected chi connectivity index (χ1v) is 6.14. The van der Waals surface area contributed by atoms with Gasteiger partial charge >= 0.3 is 5.97 Å². The molecular formula is C12H17N3O3. The summed E-state index contributed by atoms with van der Waals surface area (Å²) in [5.74, 6) is -0.407. The van der Waals surface area contributed by atoms with Crippen molar-refractivity contribution in [2.24, 2.45) is 5.92 Å². The number of nitrogens with zero attached hydrogens (tertiary/aromatic N) is 3. The molecule has 0 bridgehead atoms. The number of hydrogen-bond donors (Lipinski definition) is 1. The molecule has 2 rings (SSSR count). The number of hydrogen-bond acceptors (Lipinski definition) is 5. The Labute approximate surface area is 106 Å². The molecule has 0 radical (unpaired) electrons. The summed E-state index contributed by atoms with van der Waals surface area (Å²) in [7, 11) is 0. The van der Waals surface area contributed by atoms with Crippen LogP contribution in [0.2, 0.25) is 0 Å². The van der Waals surface area contributed by atoms with Gasteiger partial charge in [0.25, 0.3) is 0 Å². The molecule has 6 heteroatoms. The second-order valence-electron chi connectivity index (χ2n) is 4.28. The quantitative estimate of drug-likeness (QED) is 0.866. The lowest BCUT2D eigenvalue weighted by Crippen LogP contribution is -2.36. The molecule has 1 aromatic heterocycles. The number of aromatic nitrogens is 2. The summed E-state index contributed by atoms with van der Waals surface area (Å²) in [6.07, 6.45) is 3.02. The van der Waals surface area contributed by atoms with Gasteiger partial charge < -0.3 is 14.7 Å². The minimum atomic E-state index is -0.697. The molecule has 2 heterocycles. The Hall–Kier alpha value is -1.85. The molecule has 0 unspecified atom stereocenters. The van der Waals surface area contributed by atoms with Gasteiger partial charge in [-0.25, -0.2) is 0 Å². The fraction of sp³-hybridized carbons (Fsp3) is 0.583. The highest BCUT2D eigenvalue weighted by molar-refractivity contribution is 5.70. The third-order valence-electron chi connectivity index (χ3n) is 3.12. The highest BCUT2D eigenvalue weighted by Gasteiger charge is 2.24. The first-order chi connectivity index (χ1) is 8.70. The topological polar surface area (TPSA) is 75.5 Å². The number of carboxylic acids is 1. The van der Waals surface area contributed by atoms with Crippen LogP contribution in [0.15, 0.2) is 12.3 Å². The molecular weight excluding hydrogens is 234 g/mol. The first-order valence-electron chi connectivity index (χ1n) is 6.14. The molecule has 18 heavy (non-hydrogen) atoms. The third-order valence-corrected chi connectivity index (χ3v) is 3.12. The van der Waals surface area contributed by atoms with Crippen molar-refractivity contribution in [2.75, 3.05) is 24.6 Å². The average Bonchev–Trinajstić information content (AvgIpc) is 2.39. The number of aliphatic carboxylic acids is 1. The molecule has 0 saturated carbocycles. The molecule has 1 aliphatic heterocycles. The van der Waals surface area contributed by atoms with E-state index in [0.717, 1.165) is 18.8 Å². The maximum absolute atomic E-state index is 10.9. The summed E-state index contributed by atoms with van der Waals surface area (Å²) >= 11 is 0. The van der Waals surface area contributed by atoms with Gasteiger partial charge in [-0.05, 0) is 19.8 Å². The lowest BCUT2D eigenvalue weighted by molar-refractivity contribution is -0.142. The van der Waals surface area contributed by atoms with Crippen molar-refractivity contribution >= 4 is 11.7 Å². The second-order valence-corrected chi connectivity index (χ2v) is 4.28. The van der Waals surface area contributed by atoms with Crippen LogP contribution in [0, 0.1) is 5.92 Å². The van der Waals surface area contributed by atoms with E-state index in [4.69, 9.17) is 9.84 Å². The third kappa shape index (κ3) is 2.88. The molecule has 1 aromatic rings. The maximum Gasteiger partial charge on any atom is 0.306 e. The Morgan fingerprint density at radius 2 is 2.28 bits per heavy atom. The summed E-state index contributed by atoms with van der Waals surface area (Å²) in [6, 6.07) is 1.84. The number of anilines is 1. The largest absolute Gasteiger partial charge is 0.481 e. The van der Waals surface area contributed by atoms with Crippen molar-refractivity contribution < 1.29 is 14.6 Å². The Balaban J connectivity index is 2.00. The minimum absolute atomic E-state index is 0.220. The summed E-state index contributed by atoms with van der Waals surface area (Å²) in [5.41, 5.74) is 0.942. The fourth-order valence-electron chi connectivity index (χ4n) is 2.11. The van der Waals surface area contributed by atoms with Crippen LogP contribution >= 0.6 is 0 Å². The van der Waals surface area contributed by atoms with Crippen molar-refractivity contribution in [2.45, 2.75) is 19.8 Å². The van der Waals surface area contributed by atoms with Gasteiger partial charge in [-0.2, -0.15) is 5.10 Å². The van der Waals surface area contributed by atoms with Gasteiger partial charge in [-0.15, -0.1) is 5.10 Å². The number of carbonyl (C=O) groups is 1. The maximum atomic E-state index is 10.9. The average molecular weight is 251 g/mol. The van der Waals surface area contributed by atoms with Crippen LogP contribution in [-0.4, -0.2) is 41.0 Å². The molecule has 0 aromatic carbocycles. The van der Waals surface area contributed by atoms with Crippen LogP contribution in [0.25, 0.3) is 0 Å². The SMILES string of the molecule is CCOc1cc(N2CCC(C(=O)O)CC2)cnn1. The molecule has 1 aliphatic rings. The molecule has 1 saturated heterocycles. The van der Waals surface area contributed by atoms with Crippen molar-refractivity contribution in [3.05, 3.63) is 12.3 Å². The number of carboxylic acid groups (broad SMARTS) is 1. The minimum Gasteiger partial charge on any atom is -0.481 e. The van der Waals surface area contributed by atoms with E-state index in [2.05, 4.69) is 15.1 Å². The van der Waals surface area contributed by atoms with Gasteiger partial charge in [-0.3, -0.25) is 4.79 Å². The van der Waals surface area contributed by atoms with E-state index in [1.165, 1.54) is 0 Å². The molecule has 1 N–H and O–H groups in total. The van der Waals surface area contributed by atoms with Gasteiger partial charge in [0.1, 0.15) is 0 Å². The molecule has 6 nitrogen and oxygen atoms in total. The fourth-order valence-corrected chi connectivity index (χ4v) is 2.11. The van der Waals surface area contributed by atoms with Crippen LogP contribution in [0.5, 0.6) is 5.88 Å². The zero-order valence-electron chi connectivity index (χ0n) is 10.4. The summed E-state index contributed by atoms with van der Waals surface area (Å²) in [6.45, 7) is 3.91. The van der Waals surface area contributed by atoms with Crippen molar-refractivity contribution in [1.82, 2.24) is 10.2 Å². The van der Waals surface area contributed by atoms with Crippen LogP contribution in [-0.2, 0) is 4.79 Å². The first kappa shape index (κ1) is 12.6. The molecule has 0 atom stereocenters. The van der Waals surface area contributed by atoms with E-state index < -0.39 is 5.97 Å². The van der Waals surface area contributed by atoms with Crippen molar-refractivity contribution in [3.63, 3.8) is 0 Å². The van der Waals surface area contributed by atoms with Crippen molar-refractivity contribution in [3.8, 4) is 5.88 Å². The zero-order valence-corrected chi connectivity index (χ0v) is 10.4. The van der Waals surface area contributed by atoms with E-state index in [1.807, 2.05) is 13.0 Å². The Bertz CT molecular complexity index is 417. The molecule has 0 aliphatic carbocycles. The van der Waals surface area contributed by atoms with Crippen LogP contribution < -0.4 is 9.64 Å². The normalized spacial score (nSPS) is 16.6. The summed E-state index contributed by atoms with van der Waals surface area (Å²) in [4.78, 5) is 13.0. The van der Waals surface area contributed by atoms with Gasteiger partial charge in [0.2, 0.25) is 5.88 Å². The van der Waals surface area contributed by atoms with E-state index in [0.29, 0.717) is 25.3 Å². The molecule has 98 valence electrons. The number of piperidine rings is 1. The Morgan fingerprint density at radius 3 is 2.89 bits per heavy atom. The van der Waals surface area contributed by atoms with Crippen LogP contribution in [0.4, 0.5) is 5.69 Å². The van der Waals surface area contributed by atoms with E-state index in [1.54, 1.807) is 6.20 Å².